The lowest BCUT2D eigenvalue weighted by Crippen LogP contribution is -2.14. The summed E-state index contributed by atoms with van der Waals surface area (Å²) >= 11 is 0. The van der Waals surface area contributed by atoms with Crippen LogP contribution >= 0.6 is 0 Å². The van der Waals surface area contributed by atoms with Gasteiger partial charge in [0, 0.05) is 24.9 Å². The Kier molecular flexibility index (Phi) is 4.23. The molecule has 0 bridgehead atoms. The summed E-state index contributed by atoms with van der Waals surface area (Å²) in [7, 11) is 1.77. The van der Waals surface area contributed by atoms with Crippen molar-refractivity contribution in [2.75, 3.05) is 12.4 Å². The average Bonchev–Trinajstić information content (AvgIpc) is 2.35. The Morgan fingerprint density at radius 2 is 2.38 bits per heavy atom. The van der Waals surface area contributed by atoms with Gasteiger partial charge in [-0.3, -0.25) is 10.0 Å². The smallest absolute Gasteiger partial charge is 0.267 e. The first-order chi connectivity index (χ1) is 7.71. The van der Waals surface area contributed by atoms with E-state index in [4.69, 9.17) is 5.21 Å². The van der Waals surface area contributed by atoms with Gasteiger partial charge in [0.05, 0.1) is 0 Å². The van der Waals surface area contributed by atoms with Crippen LogP contribution in [0.2, 0.25) is 0 Å². The van der Waals surface area contributed by atoms with E-state index in [2.05, 4.69) is 16.9 Å². The van der Waals surface area contributed by atoms with E-state index in [1.807, 2.05) is 6.07 Å². The molecule has 5 nitrogen and oxygen atoms in total. The summed E-state index contributed by atoms with van der Waals surface area (Å²) in [5, 5.41) is 11.2. The van der Waals surface area contributed by atoms with Gasteiger partial charge in [0.2, 0.25) is 0 Å². The highest BCUT2D eigenvalue weighted by molar-refractivity contribution is 5.90. The highest BCUT2D eigenvalue weighted by Crippen LogP contribution is 2.15. The van der Waals surface area contributed by atoms with Crippen molar-refractivity contribution in [1.29, 1.82) is 0 Å². The summed E-state index contributed by atoms with van der Waals surface area (Å²) in [6, 6.07) is 1.83. The molecule has 0 saturated heterocycles. The van der Waals surface area contributed by atoms with Crippen molar-refractivity contribution in [1.82, 2.24) is 10.5 Å². The van der Waals surface area contributed by atoms with Gasteiger partial charge in [-0.25, -0.2) is 10.5 Å². The zero-order chi connectivity index (χ0) is 12.0. The molecule has 0 aromatic carbocycles. The number of nitrogens with zero attached hydrogens (tertiary/aromatic N) is 1. The summed E-state index contributed by atoms with van der Waals surface area (Å²) in [6.07, 6.45) is 6.04. The minimum absolute atomic E-state index is 0.585. The molecule has 0 unspecified atom stereocenters. The normalized spacial score (nSPS) is 10.1. The van der Waals surface area contributed by atoms with E-state index in [0.717, 1.165) is 16.9 Å². The molecular weight excluding hydrogens is 206 g/mol. The molecule has 84 valence electrons. The van der Waals surface area contributed by atoms with Crippen LogP contribution in [0.3, 0.4) is 0 Å². The maximum Gasteiger partial charge on any atom is 0.267 e. The van der Waals surface area contributed by atoms with Gasteiger partial charge < -0.3 is 5.32 Å². The van der Waals surface area contributed by atoms with Crippen molar-refractivity contribution >= 4 is 23.9 Å². The van der Waals surface area contributed by atoms with E-state index in [1.165, 1.54) is 11.6 Å². The van der Waals surface area contributed by atoms with Crippen molar-refractivity contribution in [3.8, 4) is 0 Å². The number of nitrogens with one attached hydrogen (secondary N) is 2. The Bertz CT molecular complexity index is 427. The van der Waals surface area contributed by atoms with Crippen molar-refractivity contribution in [2.24, 2.45) is 0 Å². The van der Waals surface area contributed by atoms with Crippen LogP contribution in [0.25, 0.3) is 12.2 Å². The molecule has 0 aliphatic rings. The van der Waals surface area contributed by atoms with Crippen molar-refractivity contribution < 1.29 is 10.0 Å². The van der Waals surface area contributed by atoms with Crippen LogP contribution in [0.5, 0.6) is 0 Å². The molecule has 0 fully saturated rings. The number of carbonyl (C=O) groups is 1. The second-order valence-corrected chi connectivity index (χ2v) is 2.97. The lowest BCUT2D eigenvalue weighted by Gasteiger charge is -2.04. The monoisotopic (exact) mass is 219 g/mol. The maximum atomic E-state index is 10.8. The first kappa shape index (κ1) is 11.9. The van der Waals surface area contributed by atoms with Gasteiger partial charge in [0.1, 0.15) is 5.82 Å². The van der Waals surface area contributed by atoms with Crippen LogP contribution in [0.4, 0.5) is 5.82 Å². The SMILES string of the molecule is C=Cc1cc(/C=C/C(=O)NO)cnc1NC. The molecule has 0 radical (unpaired) electrons. The Hall–Kier alpha value is -2.14. The van der Waals surface area contributed by atoms with Crippen molar-refractivity contribution in [3.05, 3.63) is 36.0 Å². The molecule has 0 atom stereocenters. The van der Waals surface area contributed by atoms with Crippen molar-refractivity contribution in [2.45, 2.75) is 0 Å². The van der Waals surface area contributed by atoms with E-state index in [-0.39, 0.29) is 0 Å². The predicted molar refractivity (Wildman–Crippen MR) is 62.8 cm³/mol. The molecule has 1 heterocycles. The fourth-order valence-corrected chi connectivity index (χ4v) is 1.16. The van der Waals surface area contributed by atoms with Gasteiger partial charge in [-0.15, -0.1) is 0 Å². The second-order valence-electron chi connectivity index (χ2n) is 2.97. The Balaban J connectivity index is 2.95. The summed E-state index contributed by atoms with van der Waals surface area (Å²) < 4.78 is 0. The number of pyridine rings is 1. The van der Waals surface area contributed by atoms with Gasteiger partial charge in [-0.05, 0) is 17.7 Å². The average molecular weight is 219 g/mol. The van der Waals surface area contributed by atoms with Gasteiger partial charge in [0.15, 0.2) is 0 Å². The number of hydroxylamine groups is 1. The van der Waals surface area contributed by atoms with Gasteiger partial charge in [-0.1, -0.05) is 12.7 Å². The predicted octanol–water partition coefficient (Wildman–Crippen LogP) is 1.28. The third kappa shape index (κ3) is 2.93. The minimum atomic E-state index is -0.585. The molecule has 0 saturated carbocycles. The Morgan fingerprint density at radius 1 is 1.62 bits per heavy atom. The molecule has 0 spiro atoms. The van der Waals surface area contributed by atoms with Crippen LogP contribution < -0.4 is 10.8 Å². The number of anilines is 1. The fourth-order valence-electron chi connectivity index (χ4n) is 1.16. The first-order valence-electron chi connectivity index (χ1n) is 4.63. The Labute approximate surface area is 93.5 Å². The summed E-state index contributed by atoms with van der Waals surface area (Å²) in [6.45, 7) is 3.67. The number of hydrogen-bond acceptors (Lipinski definition) is 4. The summed E-state index contributed by atoms with van der Waals surface area (Å²) in [4.78, 5) is 14.9. The number of carbonyl (C=O) groups excluding carboxylic acids is 1. The second kappa shape index (κ2) is 5.67. The molecular formula is C11H13N3O2. The van der Waals surface area contributed by atoms with Gasteiger partial charge in [-0.2, -0.15) is 0 Å². The van der Waals surface area contributed by atoms with E-state index in [0.29, 0.717) is 0 Å². The lowest BCUT2D eigenvalue weighted by atomic mass is 10.1. The largest absolute Gasteiger partial charge is 0.373 e. The molecule has 1 rings (SSSR count). The van der Waals surface area contributed by atoms with Crippen LogP contribution in [0.1, 0.15) is 11.1 Å². The van der Waals surface area contributed by atoms with E-state index in [1.54, 1.807) is 25.4 Å². The van der Waals surface area contributed by atoms with E-state index < -0.39 is 5.91 Å². The maximum absolute atomic E-state index is 10.8. The summed E-state index contributed by atoms with van der Waals surface area (Å²) in [5.41, 5.74) is 3.10. The number of rotatable bonds is 4. The first-order valence-corrected chi connectivity index (χ1v) is 4.63. The quantitative estimate of drug-likeness (QED) is 0.405. The number of hydrogen-bond donors (Lipinski definition) is 3. The Morgan fingerprint density at radius 3 is 2.94 bits per heavy atom. The van der Waals surface area contributed by atoms with Crippen LogP contribution in [-0.2, 0) is 4.79 Å². The molecule has 1 aromatic rings. The van der Waals surface area contributed by atoms with Gasteiger partial charge in [0.25, 0.3) is 5.91 Å². The zero-order valence-electron chi connectivity index (χ0n) is 8.90. The minimum Gasteiger partial charge on any atom is -0.373 e. The molecule has 5 heteroatoms. The highest BCUT2D eigenvalue weighted by atomic mass is 16.5. The molecule has 16 heavy (non-hydrogen) atoms. The third-order valence-electron chi connectivity index (χ3n) is 1.93. The zero-order valence-corrected chi connectivity index (χ0v) is 8.90. The molecule has 1 amide bonds. The molecule has 1 aromatic heterocycles. The third-order valence-corrected chi connectivity index (χ3v) is 1.93. The molecule has 0 aliphatic heterocycles. The van der Waals surface area contributed by atoms with Crippen molar-refractivity contribution in [3.63, 3.8) is 0 Å². The lowest BCUT2D eigenvalue weighted by molar-refractivity contribution is -0.124. The fraction of sp³-hybridized carbons (Fsp3) is 0.0909. The van der Waals surface area contributed by atoms with E-state index >= 15 is 0 Å². The number of aromatic nitrogens is 1. The molecule has 3 N–H and O–H groups in total. The number of amides is 1. The van der Waals surface area contributed by atoms with Crippen LogP contribution in [0.15, 0.2) is 24.9 Å². The topological polar surface area (TPSA) is 74.2 Å². The highest BCUT2D eigenvalue weighted by Gasteiger charge is 1.99. The summed E-state index contributed by atoms with van der Waals surface area (Å²) in [5.74, 6) is 0.136. The van der Waals surface area contributed by atoms with E-state index in [9.17, 15) is 4.79 Å². The van der Waals surface area contributed by atoms with Crippen LogP contribution in [-0.4, -0.2) is 23.1 Å². The molecule has 0 aliphatic carbocycles. The van der Waals surface area contributed by atoms with Crippen LogP contribution in [0, 0.1) is 0 Å². The van der Waals surface area contributed by atoms with Gasteiger partial charge >= 0.3 is 0 Å². The standard InChI is InChI=1S/C11H13N3O2/c1-3-9-6-8(4-5-10(15)14-16)7-13-11(9)12-2/h3-7,16H,1H2,2H3,(H,12,13)(H,14,15)/b5-4+.